The van der Waals surface area contributed by atoms with Crippen molar-refractivity contribution >= 4 is 5.69 Å². The summed E-state index contributed by atoms with van der Waals surface area (Å²) in [4.78, 5) is 2.25. The minimum Gasteiger partial charge on any atom is -0.362 e. The molecule has 0 saturated heterocycles. The van der Waals surface area contributed by atoms with E-state index >= 15 is 0 Å². The van der Waals surface area contributed by atoms with Crippen molar-refractivity contribution in [2.24, 2.45) is 17.6 Å². The molecule has 0 aromatic heterocycles. The fourth-order valence-electron chi connectivity index (χ4n) is 4.33. The molecule has 0 heterocycles. The number of hydrogen-bond donors (Lipinski definition) is 1. The minimum absolute atomic E-state index is 0.0531. The van der Waals surface area contributed by atoms with Gasteiger partial charge in [-0.2, -0.15) is 0 Å². The highest BCUT2D eigenvalue weighted by atomic mass is 19.1. The van der Waals surface area contributed by atoms with Gasteiger partial charge in [0.15, 0.2) is 0 Å². The Labute approximate surface area is 127 Å². The molecular formula is C18H27FN2. The Bertz CT molecular complexity index is 486. The summed E-state index contributed by atoms with van der Waals surface area (Å²) in [7, 11) is 0. The van der Waals surface area contributed by atoms with Gasteiger partial charge in [0.05, 0.1) is 11.2 Å². The van der Waals surface area contributed by atoms with Gasteiger partial charge in [0.25, 0.3) is 0 Å². The van der Waals surface area contributed by atoms with Crippen LogP contribution in [0.25, 0.3) is 0 Å². The van der Waals surface area contributed by atoms with E-state index in [-0.39, 0.29) is 11.4 Å². The number of halogens is 1. The van der Waals surface area contributed by atoms with Crippen LogP contribution in [0.5, 0.6) is 0 Å². The molecule has 3 heteroatoms. The zero-order valence-electron chi connectivity index (χ0n) is 13.0. The third-order valence-electron chi connectivity index (χ3n) is 5.56. The molecule has 21 heavy (non-hydrogen) atoms. The predicted octanol–water partition coefficient (Wildman–Crippen LogP) is 3.95. The number of anilines is 1. The van der Waals surface area contributed by atoms with Crippen LogP contribution in [0.3, 0.4) is 0 Å². The van der Waals surface area contributed by atoms with Crippen molar-refractivity contribution in [1.82, 2.24) is 0 Å². The summed E-state index contributed by atoms with van der Waals surface area (Å²) < 4.78 is 14.3. The minimum atomic E-state index is -0.124. The van der Waals surface area contributed by atoms with Crippen LogP contribution < -0.4 is 10.6 Å². The van der Waals surface area contributed by atoms with Crippen molar-refractivity contribution in [1.29, 1.82) is 0 Å². The molecule has 0 spiro atoms. The van der Waals surface area contributed by atoms with E-state index in [0.717, 1.165) is 36.9 Å². The van der Waals surface area contributed by atoms with E-state index in [1.54, 1.807) is 12.1 Å². The Kier molecular flexibility index (Phi) is 4.21. The van der Waals surface area contributed by atoms with Gasteiger partial charge in [-0.3, -0.25) is 0 Å². The van der Waals surface area contributed by atoms with Crippen LogP contribution in [0.15, 0.2) is 24.3 Å². The molecule has 2 saturated carbocycles. The van der Waals surface area contributed by atoms with Crippen molar-refractivity contribution in [3.8, 4) is 0 Å². The van der Waals surface area contributed by atoms with Gasteiger partial charge in [-0.15, -0.1) is 0 Å². The van der Waals surface area contributed by atoms with Crippen molar-refractivity contribution in [3.63, 3.8) is 0 Å². The standard InChI is InChI=1S/C18H27FN2/c1-2-21(17-8-4-3-7-16(17)19)18(13-20)11-5-6-15(12-18)14-9-10-14/h3-4,7-8,14-15H,2,5-6,9-13,20H2,1H3. The first-order valence-corrected chi connectivity index (χ1v) is 8.42. The van der Waals surface area contributed by atoms with E-state index in [1.807, 2.05) is 12.1 Å². The molecule has 2 aliphatic carbocycles. The Hall–Kier alpha value is -1.09. The van der Waals surface area contributed by atoms with Gasteiger partial charge >= 0.3 is 0 Å². The van der Waals surface area contributed by atoms with E-state index in [1.165, 1.54) is 25.7 Å². The highest BCUT2D eigenvalue weighted by Crippen LogP contribution is 2.48. The smallest absolute Gasteiger partial charge is 0.146 e. The molecule has 2 nitrogen and oxygen atoms in total. The molecule has 1 aromatic rings. The molecule has 0 amide bonds. The first-order valence-electron chi connectivity index (χ1n) is 8.42. The van der Waals surface area contributed by atoms with Crippen LogP contribution in [0.1, 0.15) is 45.4 Å². The van der Waals surface area contributed by atoms with Crippen LogP contribution in [-0.4, -0.2) is 18.6 Å². The van der Waals surface area contributed by atoms with E-state index < -0.39 is 0 Å². The third-order valence-corrected chi connectivity index (χ3v) is 5.56. The molecule has 2 unspecified atom stereocenters. The summed E-state index contributed by atoms with van der Waals surface area (Å²) >= 11 is 0. The van der Waals surface area contributed by atoms with Crippen LogP contribution in [0.4, 0.5) is 10.1 Å². The second kappa shape index (κ2) is 5.96. The number of para-hydroxylation sites is 1. The highest BCUT2D eigenvalue weighted by molar-refractivity contribution is 5.50. The van der Waals surface area contributed by atoms with Crippen molar-refractivity contribution in [2.45, 2.75) is 51.0 Å². The Balaban J connectivity index is 1.90. The zero-order chi connectivity index (χ0) is 14.9. The number of likely N-dealkylation sites (N-methyl/N-ethyl adjacent to an activating group) is 1. The average molecular weight is 290 g/mol. The lowest BCUT2D eigenvalue weighted by Gasteiger charge is -2.49. The van der Waals surface area contributed by atoms with Gasteiger partial charge in [0.2, 0.25) is 0 Å². The maximum atomic E-state index is 14.3. The molecule has 0 bridgehead atoms. The molecule has 2 aliphatic rings. The molecule has 3 rings (SSSR count). The lowest BCUT2D eigenvalue weighted by atomic mass is 9.72. The molecular weight excluding hydrogens is 263 g/mol. The maximum Gasteiger partial charge on any atom is 0.146 e. The summed E-state index contributed by atoms with van der Waals surface area (Å²) in [6, 6.07) is 7.14. The topological polar surface area (TPSA) is 29.3 Å². The quantitative estimate of drug-likeness (QED) is 0.889. The molecule has 1 aromatic carbocycles. The van der Waals surface area contributed by atoms with Crippen LogP contribution in [-0.2, 0) is 0 Å². The summed E-state index contributed by atoms with van der Waals surface area (Å²) in [5.74, 6) is 1.58. The Morgan fingerprint density at radius 3 is 2.62 bits per heavy atom. The lowest BCUT2D eigenvalue weighted by molar-refractivity contribution is 0.199. The number of nitrogens with zero attached hydrogens (tertiary/aromatic N) is 1. The summed E-state index contributed by atoms with van der Waals surface area (Å²) in [6.45, 7) is 3.55. The van der Waals surface area contributed by atoms with Crippen LogP contribution in [0.2, 0.25) is 0 Å². The SMILES string of the molecule is CCN(c1ccccc1F)C1(CN)CCCC(C2CC2)C1. The third kappa shape index (κ3) is 2.80. The molecule has 0 radical (unpaired) electrons. The van der Waals surface area contributed by atoms with Gasteiger partial charge in [-0.25, -0.2) is 4.39 Å². The normalized spacial score (nSPS) is 29.4. The lowest BCUT2D eigenvalue weighted by Crippen LogP contribution is -2.57. The summed E-state index contributed by atoms with van der Waals surface area (Å²) in [5.41, 5.74) is 6.89. The molecule has 2 fully saturated rings. The number of hydrogen-bond acceptors (Lipinski definition) is 2. The van der Waals surface area contributed by atoms with Crippen molar-refractivity contribution < 1.29 is 4.39 Å². The fraction of sp³-hybridized carbons (Fsp3) is 0.667. The molecule has 2 N–H and O–H groups in total. The van der Waals surface area contributed by atoms with E-state index in [4.69, 9.17) is 5.73 Å². The monoisotopic (exact) mass is 290 g/mol. The molecule has 0 aliphatic heterocycles. The van der Waals surface area contributed by atoms with E-state index in [0.29, 0.717) is 6.54 Å². The predicted molar refractivity (Wildman–Crippen MR) is 85.9 cm³/mol. The second-order valence-electron chi connectivity index (χ2n) is 6.82. The van der Waals surface area contributed by atoms with Gasteiger partial charge in [-0.1, -0.05) is 25.0 Å². The van der Waals surface area contributed by atoms with E-state index in [2.05, 4.69) is 11.8 Å². The van der Waals surface area contributed by atoms with Gasteiger partial charge in [0, 0.05) is 13.1 Å². The van der Waals surface area contributed by atoms with Crippen molar-refractivity contribution in [2.75, 3.05) is 18.0 Å². The largest absolute Gasteiger partial charge is 0.362 e. The number of rotatable bonds is 5. The molecule has 2 atom stereocenters. The maximum absolute atomic E-state index is 14.3. The van der Waals surface area contributed by atoms with E-state index in [9.17, 15) is 4.39 Å². The summed E-state index contributed by atoms with van der Waals surface area (Å²) in [6.07, 6.45) is 7.56. The van der Waals surface area contributed by atoms with Crippen LogP contribution in [0, 0.1) is 17.7 Å². The molecule has 116 valence electrons. The zero-order valence-corrected chi connectivity index (χ0v) is 13.0. The van der Waals surface area contributed by atoms with Gasteiger partial charge in [0.1, 0.15) is 5.82 Å². The Morgan fingerprint density at radius 1 is 1.24 bits per heavy atom. The number of nitrogens with two attached hydrogens (primary N) is 1. The average Bonchev–Trinajstić information content (AvgIpc) is 3.35. The van der Waals surface area contributed by atoms with Gasteiger partial charge < -0.3 is 10.6 Å². The van der Waals surface area contributed by atoms with Gasteiger partial charge in [-0.05, 0) is 56.6 Å². The second-order valence-corrected chi connectivity index (χ2v) is 6.82. The first kappa shape index (κ1) is 14.8. The number of benzene rings is 1. The van der Waals surface area contributed by atoms with Crippen LogP contribution >= 0.6 is 0 Å². The summed E-state index contributed by atoms with van der Waals surface area (Å²) in [5, 5.41) is 0. The van der Waals surface area contributed by atoms with Crippen molar-refractivity contribution in [3.05, 3.63) is 30.1 Å². The Morgan fingerprint density at radius 2 is 2.00 bits per heavy atom. The highest BCUT2D eigenvalue weighted by Gasteiger charge is 2.44. The first-order chi connectivity index (χ1) is 10.2. The fourth-order valence-corrected chi connectivity index (χ4v) is 4.33.